The van der Waals surface area contributed by atoms with E-state index in [-0.39, 0.29) is 6.61 Å². The number of fused-ring (bicyclic) bond motifs is 3. The van der Waals surface area contributed by atoms with Gasteiger partial charge in [-0.2, -0.15) is 0 Å². The van der Waals surface area contributed by atoms with E-state index in [0.29, 0.717) is 36.2 Å². The lowest BCUT2D eigenvalue weighted by Gasteiger charge is -2.27. The molecular formula is C18H25N5O2. The summed E-state index contributed by atoms with van der Waals surface area (Å²) < 4.78 is 2.01. The minimum Gasteiger partial charge on any atom is -0.396 e. The molecule has 0 bridgehead atoms. The van der Waals surface area contributed by atoms with E-state index in [0.717, 1.165) is 29.7 Å². The van der Waals surface area contributed by atoms with Crippen LogP contribution in [0.4, 0.5) is 5.82 Å². The van der Waals surface area contributed by atoms with Crippen LogP contribution >= 0.6 is 0 Å². The predicted octanol–water partition coefficient (Wildman–Crippen LogP) is 2.04. The van der Waals surface area contributed by atoms with Crippen molar-refractivity contribution in [1.29, 1.82) is 0 Å². The predicted molar refractivity (Wildman–Crippen MR) is 98.2 cm³/mol. The van der Waals surface area contributed by atoms with Crippen LogP contribution in [-0.4, -0.2) is 41.9 Å². The van der Waals surface area contributed by atoms with Crippen molar-refractivity contribution >= 4 is 27.9 Å². The summed E-state index contributed by atoms with van der Waals surface area (Å²) in [5.41, 5.74) is 7.99. The smallest absolute Gasteiger partial charge is 0.152 e. The summed E-state index contributed by atoms with van der Waals surface area (Å²) in [6.07, 6.45) is 4.25. The third kappa shape index (κ3) is 3.17. The van der Waals surface area contributed by atoms with Crippen molar-refractivity contribution in [1.82, 2.24) is 19.5 Å². The summed E-state index contributed by atoms with van der Waals surface area (Å²) in [5.74, 6) is 1.22. The Hall–Kier alpha value is -2.25. The van der Waals surface area contributed by atoms with Gasteiger partial charge in [-0.3, -0.25) is 4.98 Å². The number of aryl methyl sites for hydroxylation is 1. The van der Waals surface area contributed by atoms with Gasteiger partial charge in [0.1, 0.15) is 22.4 Å². The summed E-state index contributed by atoms with van der Waals surface area (Å²) in [4.78, 5) is 13.6. The van der Waals surface area contributed by atoms with Gasteiger partial charge in [0, 0.05) is 25.6 Å². The monoisotopic (exact) mass is 343 g/mol. The molecule has 0 radical (unpaired) electrons. The van der Waals surface area contributed by atoms with Crippen molar-refractivity contribution in [3.05, 3.63) is 24.2 Å². The fourth-order valence-corrected chi connectivity index (χ4v) is 3.22. The van der Waals surface area contributed by atoms with E-state index in [1.54, 1.807) is 6.20 Å². The van der Waals surface area contributed by atoms with Gasteiger partial charge in [0.05, 0.1) is 17.7 Å². The number of aliphatic hydroxyl groups excluding tert-OH is 1. The topological polar surface area (TPSA) is 110 Å². The average Bonchev–Trinajstić information content (AvgIpc) is 2.95. The van der Waals surface area contributed by atoms with E-state index in [1.807, 2.05) is 23.6 Å². The molecule has 0 amide bonds. The number of aliphatic hydroxyl groups is 2. The number of hydrogen-bond donors (Lipinski definition) is 3. The lowest BCUT2D eigenvalue weighted by atomic mass is 9.96. The number of nitrogen functional groups attached to an aromatic ring is 1. The van der Waals surface area contributed by atoms with E-state index in [9.17, 15) is 10.2 Å². The molecule has 3 heterocycles. The molecule has 3 aromatic heterocycles. The van der Waals surface area contributed by atoms with Crippen LogP contribution in [0.1, 0.15) is 38.9 Å². The summed E-state index contributed by atoms with van der Waals surface area (Å²) in [6.45, 7) is 4.27. The summed E-state index contributed by atoms with van der Waals surface area (Å²) >= 11 is 0. The molecule has 4 N–H and O–H groups in total. The molecular weight excluding hydrogens is 318 g/mol. The zero-order valence-corrected chi connectivity index (χ0v) is 14.7. The number of nitrogens with two attached hydrogens (primary N) is 1. The van der Waals surface area contributed by atoms with Gasteiger partial charge < -0.3 is 20.5 Å². The van der Waals surface area contributed by atoms with Gasteiger partial charge in [-0.25, -0.2) is 9.97 Å². The first-order valence-corrected chi connectivity index (χ1v) is 8.75. The van der Waals surface area contributed by atoms with Gasteiger partial charge in [-0.15, -0.1) is 0 Å². The van der Waals surface area contributed by atoms with Crippen molar-refractivity contribution in [3.63, 3.8) is 0 Å². The number of hydrogen-bond acceptors (Lipinski definition) is 6. The molecule has 0 saturated heterocycles. The fraction of sp³-hybridized carbons (Fsp3) is 0.500. The van der Waals surface area contributed by atoms with Crippen LogP contribution in [0.3, 0.4) is 0 Å². The second-order valence-electron chi connectivity index (χ2n) is 6.48. The fourth-order valence-electron chi connectivity index (χ4n) is 3.22. The van der Waals surface area contributed by atoms with Crippen molar-refractivity contribution in [2.24, 2.45) is 0 Å². The Morgan fingerprint density at radius 1 is 1.24 bits per heavy atom. The number of pyridine rings is 2. The quantitative estimate of drug-likeness (QED) is 0.605. The molecule has 3 rings (SSSR count). The Morgan fingerprint density at radius 2 is 2.04 bits per heavy atom. The highest BCUT2D eigenvalue weighted by Gasteiger charge is 2.28. The number of aromatic nitrogens is 4. The normalized spacial score (nSPS) is 14.2. The largest absolute Gasteiger partial charge is 0.396 e. The van der Waals surface area contributed by atoms with Gasteiger partial charge in [0.2, 0.25) is 0 Å². The second kappa shape index (κ2) is 6.93. The SMILES string of the molecule is CCCc1nc2c(N)nc3cccnc3c2n1CC(O)(CC)CCO. The molecule has 0 aliphatic carbocycles. The molecule has 7 nitrogen and oxygen atoms in total. The maximum atomic E-state index is 10.9. The first kappa shape index (κ1) is 17.6. The summed E-state index contributed by atoms with van der Waals surface area (Å²) in [6, 6.07) is 3.69. The van der Waals surface area contributed by atoms with Crippen molar-refractivity contribution in [3.8, 4) is 0 Å². The van der Waals surface area contributed by atoms with Gasteiger partial charge >= 0.3 is 0 Å². The van der Waals surface area contributed by atoms with E-state index in [1.165, 1.54) is 0 Å². The first-order valence-electron chi connectivity index (χ1n) is 8.75. The van der Waals surface area contributed by atoms with E-state index < -0.39 is 5.60 Å². The molecule has 1 unspecified atom stereocenters. The highest BCUT2D eigenvalue weighted by molar-refractivity contribution is 6.04. The molecule has 134 valence electrons. The Kier molecular flexibility index (Phi) is 4.87. The molecule has 0 aromatic carbocycles. The van der Waals surface area contributed by atoms with Crippen LogP contribution in [-0.2, 0) is 13.0 Å². The van der Waals surface area contributed by atoms with E-state index >= 15 is 0 Å². The lowest BCUT2D eigenvalue weighted by molar-refractivity contribution is -0.00292. The molecule has 7 heteroatoms. The minimum atomic E-state index is -1.01. The van der Waals surface area contributed by atoms with Crippen LogP contribution in [0, 0.1) is 0 Å². The average molecular weight is 343 g/mol. The van der Waals surface area contributed by atoms with Crippen LogP contribution in [0.5, 0.6) is 0 Å². The second-order valence-corrected chi connectivity index (χ2v) is 6.48. The van der Waals surface area contributed by atoms with Crippen molar-refractivity contribution in [2.45, 2.75) is 51.7 Å². The molecule has 1 atom stereocenters. The molecule has 0 fully saturated rings. The van der Waals surface area contributed by atoms with E-state index in [2.05, 4.69) is 16.9 Å². The minimum absolute atomic E-state index is 0.0667. The standard InChI is InChI=1S/C18H25N5O2/c1-3-6-13-22-15-16(23(13)11-18(25,4-2)8-10-24)14-12(21-17(15)19)7-5-9-20-14/h5,7,9,24-25H,3-4,6,8,10-11H2,1-2H3,(H2,19,21). The van der Waals surface area contributed by atoms with Gasteiger partial charge in [0.15, 0.2) is 5.82 Å². The Balaban J connectivity index is 2.28. The van der Waals surface area contributed by atoms with Crippen molar-refractivity contribution in [2.75, 3.05) is 12.3 Å². The maximum absolute atomic E-state index is 10.9. The van der Waals surface area contributed by atoms with Crippen LogP contribution in [0.25, 0.3) is 22.1 Å². The maximum Gasteiger partial charge on any atom is 0.152 e. The van der Waals surface area contributed by atoms with Gasteiger partial charge in [-0.1, -0.05) is 13.8 Å². The highest BCUT2D eigenvalue weighted by Crippen LogP contribution is 2.30. The van der Waals surface area contributed by atoms with Crippen molar-refractivity contribution < 1.29 is 10.2 Å². The number of anilines is 1. The Labute approximate surface area is 146 Å². The molecule has 3 aromatic rings. The number of nitrogens with zero attached hydrogens (tertiary/aromatic N) is 4. The van der Waals surface area contributed by atoms with Crippen LogP contribution in [0.15, 0.2) is 18.3 Å². The van der Waals surface area contributed by atoms with E-state index in [4.69, 9.17) is 10.7 Å². The highest BCUT2D eigenvalue weighted by atomic mass is 16.3. The third-order valence-corrected chi connectivity index (χ3v) is 4.70. The Bertz CT molecular complexity index is 892. The molecule has 0 saturated carbocycles. The zero-order chi connectivity index (χ0) is 18.0. The van der Waals surface area contributed by atoms with Crippen LogP contribution < -0.4 is 5.73 Å². The van der Waals surface area contributed by atoms with Gasteiger partial charge in [-0.05, 0) is 25.0 Å². The number of imidazole rings is 1. The summed E-state index contributed by atoms with van der Waals surface area (Å²) in [5, 5.41) is 20.2. The lowest BCUT2D eigenvalue weighted by Crippen LogP contribution is -2.35. The zero-order valence-electron chi connectivity index (χ0n) is 14.7. The molecule has 0 aliphatic rings. The molecule has 0 spiro atoms. The molecule has 0 aliphatic heterocycles. The Morgan fingerprint density at radius 3 is 2.72 bits per heavy atom. The molecule has 25 heavy (non-hydrogen) atoms. The third-order valence-electron chi connectivity index (χ3n) is 4.70. The summed E-state index contributed by atoms with van der Waals surface area (Å²) in [7, 11) is 0. The number of rotatable bonds is 7. The first-order chi connectivity index (χ1) is 12.0. The van der Waals surface area contributed by atoms with Gasteiger partial charge in [0.25, 0.3) is 0 Å². The van der Waals surface area contributed by atoms with Crippen LogP contribution in [0.2, 0.25) is 0 Å².